The van der Waals surface area contributed by atoms with Crippen molar-refractivity contribution in [3.63, 3.8) is 0 Å². The molecule has 0 spiro atoms. The Morgan fingerprint density at radius 2 is 1.62 bits per heavy atom. The third-order valence-corrected chi connectivity index (χ3v) is 8.52. The Morgan fingerprint density at radius 1 is 0.966 bits per heavy atom. The van der Waals surface area contributed by atoms with E-state index in [0.29, 0.717) is 11.4 Å². The minimum absolute atomic E-state index is 0.0105. The zero-order valence-corrected chi connectivity index (χ0v) is 19.0. The van der Waals surface area contributed by atoms with Crippen LogP contribution in [0.3, 0.4) is 0 Å². The molecule has 2 aromatic carbocycles. The maximum absolute atomic E-state index is 13.7. The van der Waals surface area contributed by atoms with Gasteiger partial charge in [0.1, 0.15) is 0 Å². The van der Waals surface area contributed by atoms with E-state index in [9.17, 15) is 8.42 Å². The number of thiophene rings is 1. The van der Waals surface area contributed by atoms with Gasteiger partial charge < -0.3 is 0 Å². The van der Waals surface area contributed by atoms with Gasteiger partial charge in [0, 0.05) is 11.4 Å². The van der Waals surface area contributed by atoms with E-state index in [2.05, 4.69) is 56.5 Å². The molecule has 1 aromatic heterocycles. The molecule has 0 saturated heterocycles. The van der Waals surface area contributed by atoms with Crippen LogP contribution in [0.1, 0.15) is 53.9 Å². The van der Waals surface area contributed by atoms with Crippen LogP contribution in [0.2, 0.25) is 0 Å². The van der Waals surface area contributed by atoms with Gasteiger partial charge in [0.25, 0.3) is 0 Å². The molecule has 5 heteroatoms. The van der Waals surface area contributed by atoms with Gasteiger partial charge in [-0.1, -0.05) is 62.7 Å². The van der Waals surface area contributed by atoms with Gasteiger partial charge in [-0.2, -0.15) is 4.31 Å². The molecule has 29 heavy (non-hydrogen) atoms. The highest BCUT2D eigenvalue weighted by Crippen LogP contribution is 2.41. The van der Waals surface area contributed by atoms with Gasteiger partial charge in [0.2, 0.25) is 10.0 Å². The topological polar surface area (TPSA) is 37.4 Å². The Balaban J connectivity index is 1.78. The number of aryl methyl sites for hydroxylation is 1. The van der Waals surface area contributed by atoms with Crippen molar-refractivity contribution in [1.82, 2.24) is 4.31 Å². The van der Waals surface area contributed by atoms with E-state index in [1.165, 1.54) is 10.4 Å². The first-order chi connectivity index (χ1) is 13.7. The minimum Gasteiger partial charge on any atom is -0.207 e. The molecule has 0 saturated carbocycles. The monoisotopic (exact) mass is 425 g/mol. The van der Waals surface area contributed by atoms with E-state index >= 15 is 0 Å². The lowest BCUT2D eigenvalue weighted by molar-refractivity contribution is 0.347. The SMILES string of the molecule is Cc1ccc(C2c3ccsc3CCN2S(=O)(=O)c2ccc(C(C)(C)C)cc2)cc1. The highest BCUT2D eigenvalue weighted by molar-refractivity contribution is 7.89. The summed E-state index contributed by atoms with van der Waals surface area (Å²) < 4.78 is 29.0. The molecule has 0 aliphatic carbocycles. The molecule has 0 bridgehead atoms. The maximum Gasteiger partial charge on any atom is 0.243 e. The van der Waals surface area contributed by atoms with E-state index < -0.39 is 10.0 Å². The summed E-state index contributed by atoms with van der Waals surface area (Å²) in [6.45, 7) is 8.94. The van der Waals surface area contributed by atoms with Gasteiger partial charge in [-0.15, -0.1) is 11.3 Å². The molecule has 3 nitrogen and oxygen atoms in total. The molecule has 0 N–H and O–H groups in total. The second-order valence-electron chi connectivity index (χ2n) is 8.75. The van der Waals surface area contributed by atoms with Gasteiger partial charge in [-0.3, -0.25) is 0 Å². The number of nitrogens with zero attached hydrogens (tertiary/aromatic N) is 1. The van der Waals surface area contributed by atoms with Crippen LogP contribution in [0, 0.1) is 6.92 Å². The molecule has 152 valence electrons. The second kappa shape index (κ2) is 7.38. The first-order valence-electron chi connectivity index (χ1n) is 9.93. The summed E-state index contributed by atoms with van der Waals surface area (Å²) in [5, 5.41) is 2.07. The van der Waals surface area contributed by atoms with Crippen LogP contribution in [0.25, 0.3) is 0 Å². The normalized spacial score (nSPS) is 17.9. The van der Waals surface area contributed by atoms with Gasteiger partial charge in [0.05, 0.1) is 10.9 Å². The van der Waals surface area contributed by atoms with Crippen LogP contribution in [-0.4, -0.2) is 19.3 Å². The van der Waals surface area contributed by atoms with Crippen LogP contribution in [0.4, 0.5) is 0 Å². The average molecular weight is 426 g/mol. The van der Waals surface area contributed by atoms with Gasteiger partial charge >= 0.3 is 0 Å². The van der Waals surface area contributed by atoms with Crippen LogP contribution in [0.5, 0.6) is 0 Å². The zero-order chi connectivity index (χ0) is 20.8. The Morgan fingerprint density at radius 3 is 2.24 bits per heavy atom. The molecule has 3 aromatic rings. The Kier molecular flexibility index (Phi) is 5.18. The Labute approximate surface area is 178 Å². The molecular weight excluding hydrogens is 398 g/mol. The highest BCUT2D eigenvalue weighted by atomic mass is 32.2. The van der Waals surface area contributed by atoms with E-state index in [-0.39, 0.29) is 11.5 Å². The molecule has 1 atom stereocenters. The van der Waals surface area contributed by atoms with Crippen LogP contribution in [0.15, 0.2) is 64.9 Å². The van der Waals surface area contributed by atoms with Crippen molar-refractivity contribution in [1.29, 1.82) is 0 Å². The highest BCUT2D eigenvalue weighted by Gasteiger charge is 2.38. The van der Waals surface area contributed by atoms with Crippen molar-refractivity contribution < 1.29 is 8.42 Å². The number of hydrogen-bond donors (Lipinski definition) is 0. The van der Waals surface area contributed by atoms with Gasteiger partial charge in [-0.25, -0.2) is 8.42 Å². The zero-order valence-electron chi connectivity index (χ0n) is 17.3. The maximum atomic E-state index is 13.7. The number of fused-ring (bicyclic) bond motifs is 1. The van der Waals surface area contributed by atoms with Crippen LogP contribution >= 0.6 is 11.3 Å². The first kappa shape index (κ1) is 20.3. The fourth-order valence-electron chi connectivity index (χ4n) is 3.91. The molecule has 4 rings (SSSR count). The molecule has 0 amide bonds. The number of rotatable bonds is 3. The number of sulfonamides is 1. The van der Waals surface area contributed by atoms with Crippen molar-refractivity contribution in [2.45, 2.75) is 50.5 Å². The summed E-state index contributed by atoms with van der Waals surface area (Å²) in [5.74, 6) is 0. The summed E-state index contributed by atoms with van der Waals surface area (Å²) in [5.41, 5.74) is 4.42. The van der Waals surface area contributed by atoms with Crippen molar-refractivity contribution in [2.75, 3.05) is 6.54 Å². The lowest BCUT2D eigenvalue weighted by Crippen LogP contribution is -2.40. The molecule has 1 unspecified atom stereocenters. The van der Waals surface area contributed by atoms with E-state index in [1.54, 1.807) is 27.8 Å². The van der Waals surface area contributed by atoms with Crippen molar-refractivity contribution >= 4 is 21.4 Å². The quantitative estimate of drug-likeness (QED) is 0.540. The molecule has 1 aliphatic rings. The first-order valence-corrected chi connectivity index (χ1v) is 12.2. The molecule has 0 radical (unpaired) electrons. The predicted octanol–water partition coefficient (Wildman–Crippen LogP) is 5.69. The largest absolute Gasteiger partial charge is 0.243 e. The van der Waals surface area contributed by atoms with E-state index in [1.807, 2.05) is 19.1 Å². The molecule has 2 heterocycles. The van der Waals surface area contributed by atoms with Crippen molar-refractivity contribution in [2.24, 2.45) is 0 Å². The molecule has 1 aliphatic heterocycles. The van der Waals surface area contributed by atoms with E-state index in [4.69, 9.17) is 0 Å². The average Bonchev–Trinajstić information content (AvgIpc) is 3.16. The third kappa shape index (κ3) is 3.79. The fourth-order valence-corrected chi connectivity index (χ4v) is 6.41. The lowest BCUT2D eigenvalue weighted by atomic mass is 9.87. The standard InChI is InChI=1S/C24H27NO2S2/c1-17-5-7-18(8-6-17)23-21-14-16-28-22(21)13-15-25(23)29(26,27)20-11-9-19(10-12-20)24(2,3)4/h5-12,14,16,23H,13,15H2,1-4H3. The van der Waals surface area contributed by atoms with Crippen LogP contribution < -0.4 is 0 Å². The smallest absolute Gasteiger partial charge is 0.207 e. The fraction of sp³-hybridized carbons (Fsp3) is 0.333. The van der Waals surface area contributed by atoms with Gasteiger partial charge in [-0.05, 0) is 59.0 Å². The summed E-state index contributed by atoms with van der Waals surface area (Å²) in [4.78, 5) is 1.64. The van der Waals surface area contributed by atoms with Gasteiger partial charge in [0.15, 0.2) is 0 Å². The van der Waals surface area contributed by atoms with E-state index in [0.717, 1.165) is 23.1 Å². The van der Waals surface area contributed by atoms with Crippen molar-refractivity contribution in [3.8, 4) is 0 Å². The summed E-state index contributed by atoms with van der Waals surface area (Å²) in [7, 11) is -3.61. The van der Waals surface area contributed by atoms with Crippen LogP contribution in [-0.2, 0) is 21.9 Å². The Hall–Kier alpha value is -1.95. The number of hydrogen-bond acceptors (Lipinski definition) is 3. The number of benzene rings is 2. The summed E-state index contributed by atoms with van der Waals surface area (Å²) in [6, 6.07) is 17.4. The summed E-state index contributed by atoms with van der Waals surface area (Å²) >= 11 is 1.72. The second-order valence-corrected chi connectivity index (χ2v) is 11.6. The molecule has 0 fully saturated rings. The van der Waals surface area contributed by atoms with Crippen molar-refractivity contribution in [3.05, 3.63) is 87.1 Å². The summed E-state index contributed by atoms with van der Waals surface area (Å²) in [6.07, 6.45) is 0.759. The molecular formula is C24H27NO2S2. The Bertz CT molecular complexity index is 1100. The minimum atomic E-state index is -3.61. The third-order valence-electron chi connectivity index (χ3n) is 5.64. The lowest BCUT2D eigenvalue weighted by Gasteiger charge is -2.35. The predicted molar refractivity (Wildman–Crippen MR) is 120 cm³/mol.